The number of nitrogens with zero attached hydrogens (tertiary/aromatic N) is 1. The molecule has 3 rings (SSSR count). The van der Waals surface area contributed by atoms with E-state index in [0.29, 0.717) is 27.7 Å². The lowest BCUT2D eigenvalue weighted by molar-refractivity contribution is 0.0521. The monoisotopic (exact) mass is 347 g/mol. The molecule has 1 heterocycles. The van der Waals surface area contributed by atoms with Gasteiger partial charge in [0, 0.05) is 16.5 Å². The Bertz CT molecular complexity index is 962. The van der Waals surface area contributed by atoms with Crippen LogP contribution in [-0.4, -0.2) is 23.3 Å². The summed E-state index contributed by atoms with van der Waals surface area (Å²) in [7, 11) is 0. The van der Waals surface area contributed by atoms with Gasteiger partial charge in [0.2, 0.25) is 0 Å². The number of pyridine rings is 1. The quantitative estimate of drug-likeness (QED) is 0.493. The predicted octanol–water partition coefficient (Wildman–Crippen LogP) is 4.77. The lowest BCUT2D eigenvalue weighted by atomic mass is 9.90. The summed E-state index contributed by atoms with van der Waals surface area (Å²) in [6.45, 7) is 5.90. The van der Waals surface area contributed by atoms with E-state index in [2.05, 4.69) is 4.98 Å². The number of rotatable bonds is 5. The summed E-state index contributed by atoms with van der Waals surface area (Å²) in [5, 5.41) is 0.661. The normalized spacial score (nSPS) is 10.9. The number of esters is 1. The van der Waals surface area contributed by atoms with Crippen LogP contribution in [0.2, 0.25) is 0 Å². The lowest BCUT2D eigenvalue weighted by Crippen LogP contribution is -2.18. The number of carbonyl (C=O) groups excluding carboxylic acids is 2. The van der Waals surface area contributed by atoms with Gasteiger partial charge in [-0.3, -0.25) is 9.78 Å². The minimum Gasteiger partial charge on any atom is -0.462 e. The Kier molecular flexibility index (Phi) is 5.12. The molecule has 1 aromatic heterocycles. The van der Waals surface area contributed by atoms with Crippen molar-refractivity contribution in [2.45, 2.75) is 26.7 Å². The van der Waals surface area contributed by atoms with Crippen molar-refractivity contribution in [2.75, 3.05) is 6.61 Å². The number of para-hydroxylation sites is 1. The Labute approximate surface area is 152 Å². The fraction of sp³-hybridized carbons (Fsp3) is 0.227. The van der Waals surface area contributed by atoms with Crippen molar-refractivity contribution >= 4 is 22.7 Å². The van der Waals surface area contributed by atoms with E-state index in [-0.39, 0.29) is 23.9 Å². The number of fused-ring (bicyclic) bond motifs is 1. The highest BCUT2D eigenvalue weighted by molar-refractivity contribution is 6.21. The molecule has 2 aromatic carbocycles. The average Bonchev–Trinajstić information content (AvgIpc) is 2.66. The van der Waals surface area contributed by atoms with Gasteiger partial charge in [-0.1, -0.05) is 62.4 Å². The van der Waals surface area contributed by atoms with E-state index < -0.39 is 5.97 Å². The molecule has 0 saturated carbocycles. The van der Waals surface area contributed by atoms with Crippen LogP contribution in [0.3, 0.4) is 0 Å². The number of hydrogen-bond donors (Lipinski definition) is 0. The van der Waals surface area contributed by atoms with E-state index >= 15 is 0 Å². The number of hydrogen-bond acceptors (Lipinski definition) is 4. The topological polar surface area (TPSA) is 56.3 Å². The van der Waals surface area contributed by atoms with Gasteiger partial charge in [-0.2, -0.15) is 0 Å². The molecule has 0 spiro atoms. The molecule has 0 fully saturated rings. The third-order valence-electron chi connectivity index (χ3n) is 4.21. The van der Waals surface area contributed by atoms with Gasteiger partial charge in [0.25, 0.3) is 0 Å². The highest BCUT2D eigenvalue weighted by Gasteiger charge is 2.28. The number of aromatic nitrogens is 1. The summed E-state index contributed by atoms with van der Waals surface area (Å²) in [6, 6.07) is 16.4. The van der Waals surface area contributed by atoms with Crippen LogP contribution in [0.1, 0.15) is 58.7 Å². The number of ether oxygens (including phenoxy) is 1. The number of ketones is 1. The largest absolute Gasteiger partial charge is 0.462 e. The molecule has 0 radical (unpaired) electrons. The molecule has 0 amide bonds. The standard InChI is InChI=1S/C22H21NO3/c1-4-26-22(25)19-18(21(24)15-10-6-5-7-11-15)16-12-8-9-13-17(16)23-20(19)14(2)3/h5-14H,4H2,1-3H3. The lowest BCUT2D eigenvalue weighted by Gasteiger charge is -2.17. The van der Waals surface area contributed by atoms with E-state index in [1.807, 2.05) is 56.3 Å². The van der Waals surface area contributed by atoms with Crippen molar-refractivity contribution in [1.82, 2.24) is 4.98 Å². The Morgan fingerprint density at radius 1 is 0.962 bits per heavy atom. The molecule has 4 heteroatoms. The van der Waals surface area contributed by atoms with Crippen LogP contribution in [0.15, 0.2) is 54.6 Å². The van der Waals surface area contributed by atoms with Gasteiger partial charge in [0.15, 0.2) is 5.78 Å². The van der Waals surface area contributed by atoms with E-state index in [1.165, 1.54) is 0 Å². The first-order valence-corrected chi connectivity index (χ1v) is 8.74. The summed E-state index contributed by atoms with van der Waals surface area (Å²) in [5.41, 5.74) is 2.45. The van der Waals surface area contributed by atoms with Gasteiger partial charge in [-0.05, 0) is 18.9 Å². The molecule has 26 heavy (non-hydrogen) atoms. The van der Waals surface area contributed by atoms with Crippen LogP contribution in [0.5, 0.6) is 0 Å². The smallest absolute Gasteiger partial charge is 0.340 e. The molecule has 0 aliphatic rings. The molecule has 0 bridgehead atoms. The highest BCUT2D eigenvalue weighted by atomic mass is 16.5. The predicted molar refractivity (Wildman–Crippen MR) is 102 cm³/mol. The van der Waals surface area contributed by atoms with Gasteiger partial charge in [0.05, 0.1) is 23.4 Å². The Morgan fingerprint density at radius 3 is 2.27 bits per heavy atom. The Hall–Kier alpha value is -3.01. The second-order valence-corrected chi connectivity index (χ2v) is 6.33. The molecule has 0 atom stereocenters. The number of carbonyl (C=O) groups is 2. The van der Waals surface area contributed by atoms with Gasteiger partial charge in [-0.15, -0.1) is 0 Å². The first kappa shape index (κ1) is 17.8. The first-order chi connectivity index (χ1) is 12.5. The van der Waals surface area contributed by atoms with Crippen LogP contribution in [0, 0.1) is 0 Å². The van der Waals surface area contributed by atoms with Gasteiger partial charge in [0.1, 0.15) is 0 Å². The second kappa shape index (κ2) is 7.48. The summed E-state index contributed by atoms with van der Waals surface area (Å²) in [6.07, 6.45) is 0. The molecule has 3 aromatic rings. The molecule has 132 valence electrons. The molecule has 0 saturated heterocycles. The molecule has 4 nitrogen and oxygen atoms in total. The van der Waals surface area contributed by atoms with E-state index in [0.717, 1.165) is 0 Å². The molecule has 0 unspecified atom stereocenters. The molecule has 0 aliphatic heterocycles. The van der Waals surface area contributed by atoms with Crippen molar-refractivity contribution in [3.8, 4) is 0 Å². The Balaban J connectivity index is 2.38. The summed E-state index contributed by atoms with van der Waals surface area (Å²) >= 11 is 0. The second-order valence-electron chi connectivity index (χ2n) is 6.33. The molecular weight excluding hydrogens is 326 g/mol. The van der Waals surface area contributed by atoms with Crippen molar-refractivity contribution in [1.29, 1.82) is 0 Å². The highest BCUT2D eigenvalue weighted by Crippen LogP contribution is 2.30. The van der Waals surface area contributed by atoms with E-state index in [9.17, 15) is 9.59 Å². The fourth-order valence-corrected chi connectivity index (χ4v) is 3.03. The minimum atomic E-state index is -0.506. The van der Waals surface area contributed by atoms with Crippen molar-refractivity contribution in [3.05, 3.63) is 77.0 Å². The SMILES string of the molecule is CCOC(=O)c1c(C(C)C)nc2ccccc2c1C(=O)c1ccccc1. The van der Waals surface area contributed by atoms with Gasteiger partial charge in [-0.25, -0.2) is 4.79 Å². The Morgan fingerprint density at radius 2 is 1.62 bits per heavy atom. The average molecular weight is 347 g/mol. The van der Waals surface area contributed by atoms with E-state index in [1.54, 1.807) is 19.1 Å². The van der Waals surface area contributed by atoms with Crippen molar-refractivity contribution < 1.29 is 14.3 Å². The van der Waals surface area contributed by atoms with Crippen LogP contribution in [-0.2, 0) is 4.74 Å². The van der Waals surface area contributed by atoms with Gasteiger partial charge < -0.3 is 4.74 Å². The number of benzene rings is 2. The van der Waals surface area contributed by atoms with E-state index in [4.69, 9.17) is 4.74 Å². The summed E-state index contributed by atoms with van der Waals surface area (Å²) < 4.78 is 5.26. The van der Waals surface area contributed by atoms with Crippen molar-refractivity contribution in [3.63, 3.8) is 0 Å². The molecule has 0 N–H and O–H groups in total. The zero-order valence-electron chi connectivity index (χ0n) is 15.2. The molecule has 0 aliphatic carbocycles. The van der Waals surface area contributed by atoms with Crippen LogP contribution >= 0.6 is 0 Å². The first-order valence-electron chi connectivity index (χ1n) is 8.74. The maximum Gasteiger partial charge on any atom is 0.340 e. The van der Waals surface area contributed by atoms with Crippen LogP contribution in [0.25, 0.3) is 10.9 Å². The third kappa shape index (κ3) is 3.23. The third-order valence-corrected chi connectivity index (χ3v) is 4.21. The van der Waals surface area contributed by atoms with Crippen molar-refractivity contribution in [2.24, 2.45) is 0 Å². The van der Waals surface area contributed by atoms with Gasteiger partial charge >= 0.3 is 5.97 Å². The van der Waals surface area contributed by atoms with Crippen LogP contribution < -0.4 is 0 Å². The fourth-order valence-electron chi connectivity index (χ4n) is 3.03. The summed E-state index contributed by atoms with van der Waals surface area (Å²) in [5.74, 6) is -0.732. The zero-order valence-corrected chi connectivity index (χ0v) is 15.2. The molecular formula is C22H21NO3. The minimum absolute atomic E-state index is 0.0265. The maximum atomic E-state index is 13.3. The summed E-state index contributed by atoms with van der Waals surface area (Å²) in [4.78, 5) is 30.7. The maximum absolute atomic E-state index is 13.3. The zero-order chi connectivity index (χ0) is 18.7. The van der Waals surface area contributed by atoms with Crippen LogP contribution in [0.4, 0.5) is 0 Å².